The minimum absolute atomic E-state index is 0.531. The summed E-state index contributed by atoms with van der Waals surface area (Å²) in [6, 6.07) is 4.09. The molecule has 2 saturated heterocycles. The predicted octanol–water partition coefficient (Wildman–Crippen LogP) is 3.00. The lowest BCUT2D eigenvalue weighted by molar-refractivity contribution is 0.511. The number of hydrogen-bond acceptors (Lipinski definition) is 4. The Kier molecular flexibility index (Phi) is 3.86. The smallest absolute Gasteiger partial charge is 0.160 e. The maximum absolute atomic E-state index is 4.91. The standard InChI is InChI=1S/C16H22N4S/c1-2-9-21-15(5-1)20-14(10-12-6-8-17-11-12)19-13-4-3-7-18-16(13)20/h3-4,7,12,15,17H,1-2,5-6,8-11H2. The largest absolute Gasteiger partial charge is 0.316 e. The van der Waals surface area contributed by atoms with Crippen molar-refractivity contribution in [1.29, 1.82) is 0 Å². The molecule has 2 aliphatic heterocycles. The normalized spacial score (nSPS) is 26.5. The molecule has 0 aliphatic carbocycles. The van der Waals surface area contributed by atoms with Gasteiger partial charge in [0.15, 0.2) is 5.65 Å². The second-order valence-electron chi connectivity index (χ2n) is 6.13. The fourth-order valence-corrected chi connectivity index (χ4v) is 4.84. The van der Waals surface area contributed by atoms with Crippen molar-refractivity contribution in [2.75, 3.05) is 18.8 Å². The van der Waals surface area contributed by atoms with E-state index in [-0.39, 0.29) is 0 Å². The summed E-state index contributed by atoms with van der Waals surface area (Å²) in [5, 5.41) is 4.00. The van der Waals surface area contributed by atoms with Crippen molar-refractivity contribution in [3.8, 4) is 0 Å². The Labute approximate surface area is 129 Å². The van der Waals surface area contributed by atoms with Gasteiger partial charge in [-0.2, -0.15) is 0 Å². The van der Waals surface area contributed by atoms with E-state index in [0.29, 0.717) is 5.37 Å². The molecule has 2 atom stereocenters. The zero-order valence-corrected chi connectivity index (χ0v) is 13.1. The number of fused-ring (bicyclic) bond motifs is 1. The molecule has 0 bridgehead atoms. The minimum Gasteiger partial charge on any atom is -0.316 e. The first kappa shape index (κ1) is 13.6. The molecule has 0 saturated carbocycles. The van der Waals surface area contributed by atoms with Crippen LogP contribution >= 0.6 is 11.8 Å². The van der Waals surface area contributed by atoms with Gasteiger partial charge >= 0.3 is 0 Å². The van der Waals surface area contributed by atoms with E-state index in [0.717, 1.165) is 36.6 Å². The fourth-order valence-electron chi connectivity index (χ4n) is 3.50. The van der Waals surface area contributed by atoms with E-state index >= 15 is 0 Å². The molecule has 5 heteroatoms. The van der Waals surface area contributed by atoms with E-state index < -0.39 is 0 Å². The third-order valence-electron chi connectivity index (χ3n) is 4.60. The first-order chi connectivity index (χ1) is 10.4. The van der Waals surface area contributed by atoms with Gasteiger partial charge in [-0.3, -0.25) is 4.57 Å². The Morgan fingerprint density at radius 2 is 2.33 bits per heavy atom. The topological polar surface area (TPSA) is 42.7 Å². The van der Waals surface area contributed by atoms with Gasteiger partial charge in [0.25, 0.3) is 0 Å². The van der Waals surface area contributed by atoms with Crippen LogP contribution in [0.15, 0.2) is 18.3 Å². The van der Waals surface area contributed by atoms with E-state index in [9.17, 15) is 0 Å². The van der Waals surface area contributed by atoms with Crippen LogP contribution in [0.5, 0.6) is 0 Å². The Hall–Kier alpha value is -1.07. The second kappa shape index (κ2) is 5.97. The minimum atomic E-state index is 0.531. The number of thioether (sulfide) groups is 1. The molecule has 2 aromatic rings. The first-order valence-electron chi connectivity index (χ1n) is 8.06. The Morgan fingerprint density at radius 3 is 3.14 bits per heavy atom. The summed E-state index contributed by atoms with van der Waals surface area (Å²) in [6.45, 7) is 2.29. The van der Waals surface area contributed by atoms with Crippen molar-refractivity contribution in [2.45, 2.75) is 37.5 Å². The quantitative estimate of drug-likeness (QED) is 0.946. The number of nitrogens with one attached hydrogen (secondary N) is 1. The van der Waals surface area contributed by atoms with Gasteiger partial charge in [-0.05, 0) is 62.6 Å². The lowest BCUT2D eigenvalue weighted by Crippen LogP contribution is -2.17. The van der Waals surface area contributed by atoms with Gasteiger partial charge in [-0.1, -0.05) is 0 Å². The average Bonchev–Trinajstić information content (AvgIpc) is 3.15. The maximum Gasteiger partial charge on any atom is 0.160 e. The summed E-state index contributed by atoms with van der Waals surface area (Å²) in [6.07, 6.45) is 8.18. The van der Waals surface area contributed by atoms with Crippen LogP contribution in [0, 0.1) is 5.92 Å². The molecule has 4 heterocycles. The van der Waals surface area contributed by atoms with Crippen molar-refractivity contribution in [2.24, 2.45) is 5.92 Å². The van der Waals surface area contributed by atoms with E-state index in [1.54, 1.807) is 0 Å². The van der Waals surface area contributed by atoms with E-state index in [1.807, 2.05) is 12.3 Å². The summed E-state index contributed by atoms with van der Waals surface area (Å²) in [4.78, 5) is 9.53. The van der Waals surface area contributed by atoms with Crippen molar-refractivity contribution in [3.05, 3.63) is 24.2 Å². The van der Waals surface area contributed by atoms with Crippen molar-refractivity contribution < 1.29 is 0 Å². The first-order valence-corrected chi connectivity index (χ1v) is 9.11. The molecule has 21 heavy (non-hydrogen) atoms. The highest BCUT2D eigenvalue weighted by Crippen LogP contribution is 2.37. The number of imidazole rings is 1. The fraction of sp³-hybridized carbons (Fsp3) is 0.625. The van der Waals surface area contributed by atoms with Crippen LogP contribution in [0.2, 0.25) is 0 Å². The SMILES string of the molecule is c1cnc2c(c1)nc(CC1CCNC1)n2C1CCCCS1. The Bertz CT molecular complexity index is 612. The van der Waals surface area contributed by atoms with Crippen LogP contribution < -0.4 is 5.32 Å². The Morgan fingerprint density at radius 1 is 1.33 bits per heavy atom. The van der Waals surface area contributed by atoms with E-state index in [2.05, 4.69) is 32.7 Å². The van der Waals surface area contributed by atoms with E-state index in [1.165, 1.54) is 37.3 Å². The molecule has 2 aromatic heterocycles. The highest BCUT2D eigenvalue weighted by atomic mass is 32.2. The molecule has 4 rings (SSSR count). The van der Waals surface area contributed by atoms with Gasteiger partial charge in [0.1, 0.15) is 11.3 Å². The number of pyridine rings is 1. The van der Waals surface area contributed by atoms with Gasteiger partial charge in [0.2, 0.25) is 0 Å². The van der Waals surface area contributed by atoms with Gasteiger partial charge < -0.3 is 5.32 Å². The van der Waals surface area contributed by atoms with Gasteiger partial charge in [0, 0.05) is 12.6 Å². The predicted molar refractivity (Wildman–Crippen MR) is 87.6 cm³/mol. The second-order valence-corrected chi connectivity index (χ2v) is 7.41. The molecule has 4 nitrogen and oxygen atoms in total. The van der Waals surface area contributed by atoms with Crippen LogP contribution in [0.3, 0.4) is 0 Å². The van der Waals surface area contributed by atoms with Gasteiger partial charge in [-0.15, -0.1) is 11.8 Å². The number of hydrogen-bond donors (Lipinski definition) is 1. The van der Waals surface area contributed by atoms with Crippen LogP contribution in [0.4, 0.5) is 0 Å². The molecule has 0 spiro atoms. The monoisotopic (exact) mass is 302 g/mol. The van der Waals surface area contributed by atoms with Gasteiger partial charge in [-0.25, -0.2) is 9.97 Å². The average molecular weight is 302 g/mol. The number of rotatable bonds is 3. The summed E-state index contributed by atoms with van der Waals surface area (Å²) >= 11 is 2.08. The molecule has 0 aromatic carbocycles. The van der Waals surface area contributed by atoms with Crippen molar-refractivity contribution in [1.82, 2.24) is 19.9 Å². The zero-order valence-electron chi connectivity index (χ0n) is 12.3. The molecule has 2 aliphatic rings. The number of nitrogens with zero attached hydrogens (tertiary/aromatic N) is 3. The summed E-state index contributed by atoms with van der Waals surface area (Å²) in [7, 11) is 0. The van der Waals surface area contributed by atoms with Crippen LogP contribution in [0.1, 0.15) is 36.9 Å². The third-order valence-corrected chi connectivity index (χ3v) is 5.95. The zero-order chi connectivity index (χ0) is 14.1. The molecule has 2 fully saturated rings. The van der Waals surface area contributed by atoms with Crippen molar-refractivity contribution in [3.63, 3.8) is 0 Å². The van der Waals surface area contributed by atoms with Crippen molar-refractivity contribution >= 4 is 22.9 Å². The summed E-state index contributed by atoms with van der Waals surface area (Å²) in [5.41, 5.74) is 2.14. The van der Waals surface area contributed by atoms with Crippen LogP contribution in [-0.2, 0) is 6.42 Å². The lowest BCUT2D eigenvalue weighted by Gasteiger charge is -2.25. The summed E-state index contributed by atoms with van der Waals surface area (Å²) < 4.78 is 2.44. The Balaban J connectivity index is 1.72. The molecule has 1 N–H and O–H groups in total. The van der Waals surface area contributed by atoms with Crippen LogP contribution in [0.25, 0.3) is 11.2 Å². The molecule has 2 unspecified atom stereocenters. The molecule has 112 valence electrons. The van der Waals surface area contributed by atoms with Gasteiger partial charge in [0.05, 0.1) is 5.37 Å². The lowest BCUT2D eigenvalue weighted by atomic mass is 10.0. The number of aromatic nitrogens is 3. The highest BCUT2D eigenvalue weighted by molar-refractivity contribution is 7.99. The van der Waals surface area contributed by atoms with E-state index in [4.69, 9.17) is 4.98 Å². The molecule has 0 amide bonds. The molecular formula is C16H22N4S. The molecule has 0 radical (unpaired) electrons. The summed E-state index contributed by atoms with van der Waals surface area (Å²) in [5.74, 6) is 3.24. The van der Waals surface area contributed by atoms with Crippen LogP contribution in [-0.4, -0.2) is 33.4 Å². The third kappa shape index (κ3) is 2.69. The highest BCUT2D eigenvalue weighted by Gasteiger charge is 2.25. The molecular weight excluding hydrogens is 280 g/mol. The maximum atomic E-state index is 4.91.